The second-order valence-electron chi connectivity index (χ2n) is 4.39. The zero-order valence-electron chi connectivity index (χ0n) is 10.9. The molecule has 102 valence electrons. The zero-order valence-corrected chi connectivity index (χ0v) is 11.7. The van der Waals surface area contributed by atoms with Crippen LogP contribution in [0.15, 0.2) is 29.2 Å². The molecule has 1 rings (SSSR count). The Morgan fingerprint density at radius 2 is 2.06 bits per heavy atom. The molecule has 0 saturated heterocycles. The van der Waals surface area contributed by atoms with E-state index in [9.17, 15) is 8.42 Å². The third-order valence-electron chi connectivity index (χ3n) is 2.72. The van der Waals surface area contributed by atoms with Crippen LogP contribution in [-0.4, -0.2) is 28.1 Å². The van der Waals surface area contributed by atoms with Crippen LogP contribution in [0.25, 0.3) is 0 Å². The van der Waals surface area contributed by atoms with Crippen molar-refractivity contribution < 1.29 is 13.2 Å². The van der Waals surface area contributed by atoms with Gasteiger partial charge in [0.2, 0.25) is 10.0 Å². The average molecular weight is 272 g/mol. The van der Waals surface area contributed by atoms with Crippen LogP contribution in [0.5, 0.6) is 5.75 Å². The molecular formula is C12H20N2O3S. The lowest BCUT2D eigenvalue weighted by molar-refractivity contribution is 0.413. The minimum Gasteiger partial charge on any atom is -0.497 e. The van der Waals surface area contributed by atoms with Gasteiger partial charge in [0.15, 0.2) is 0 Å². The minimum atomic E-state index is -3.56. The highest BCUT2D eigenvalue weighted by Crippen LogP contribution is 2.17. The van der Waals surface area contributed by atoms with Crippen molar-refractivity contribution in [2.24, 2.45) is 11.7 Å². The molecule has 0 aliphatic rings. The maximum absolute atomic E-state index is 12.2. The molecule has 0 aliphatic carbocycles. The van der Waals surface area contributed by atoms with E-state index in [1.54, 1.807) is 12.1 Å². The molecule has 3 N–H and O–H groups in total. The number of nitrogens with one attached hydrogen (secondary N) is 1. The molecular weight excluding hydrogens is 252 g/mol. The lowest BCUT2D eigenvalue weighted by atomic mass is 10.1. The molecule has 0 fully saturated rings. The van der Waals surface area contributed by atoms with E-state index in [1.165, 1.54) is 19.2 Å². The van der Waals surface area contributed by atoms with E-state index >= 15 is 0 Å². The van der Waals surface area contributed by atoms with Crippen molar-refractivity contribution in [3.63, 3.8) is 0 Å². The number of hydrogen-bond donors (Lipinski definition) is 2. The molecule has 1 aromatic rings. The maximum Gasteiger partial charge on any atom is 0.241 e. The molecule has 0 spiro atoms. The summed E-state index contributed by atoms with van der Waals surface area (Å²) in [4.78, 5) is 0.181. The van der Waals surface area contributed by atoms with Crippen molar-refractivity contribution in [3.8, 4) is 5.75 Å². The number of hydrogen-bond acceptors (Lipinski definition) is 4. The highest BCUT2D eigenvalue weighted by Gasteiger charge is 2.21. The van der Waals surface area contributed by atoms with Crippen molar-refractivity contribution in [3.05, 3.63) is 24.3 Å². The first-order valence-corrected chi connectivity index (χ1v) is 7.25. The second-order valence-corrected chi connectivity index (χ2v) is 6.10. The van der Waals surface area contributed by atoms with Crippen LogP contribution in [0, 0.1) is 5.92 Å². The van der Waals surface area contributed by atoms with E-state index in [0.29, 0.717) is 5.75 Å². The van der Waals surface area contributed by atoms with Gasteiger partial charge in [-0.15, -0.1) is 0 Å². The molecule has 18 heavy (non-hydrogen) atoms. The largest absolute Gasteiger partial charge is 0.497 e. The van der Waals surface area contributed by atoms with E-state index in [1.807, 2.05) is 13.8 Å². The maximum atomic E-state index is 12.2. The highest BCUT2D eigenvalue weighted by molar-refractivity contribution is 7.89. The Kier molecular flexibility index (Phi) is 5.13. The molecule has 1 atom stereocenters. The van der Waals surface area contributed by atoms with E-state index in [-0.39, 0.29) is 23.4 Å². The lowest BCUT2D eigenvalue weighted by Crippen LogP contribution is -2.43. The summed E-state index contributed by atoms with van der Waals surface area (Å²) in [6.07, 6.45) is 0. The second kappa shape index (κ2) is 6.17. The highest BCUT2D eigenvalue weighted by atomic mass is 32.2. The van der Waals surface area contributed by atoms with Gasteiger partial charge in [0, 0.05) is 18.7 Å². The molecule has 5 nitrogen and oxygen atoms in total. The Balaban J connectivity index is 2.98. The molecule has 0 saturated carbocycles. The monoisotopic (exact) mass is 272 g/mol. The summed E-state index contributed by atoms with van der Waals surface area (Å²) in [5.74, 6) is 0.641. The van der Waals surface area contributed by atoms with Crippen LogP contribution in [0.3, 0.4) is 0 Å². The third-order valence-corrected chi connectivity index (χ3v) is 4.20. The normalized spacial score (nSPS) is 13.6. The van der Waals surface area contributed by atoms with E-state index < -0.39 is 10.0 Å². The van der Waals surface area contributed by atoms with Gasteiger partial charge in [-0.3, -0.25) is 0 Å². The summed E-state index contributed by atoms with van der Waals surface area (Å²) in [7, 11) is -2.06. The predicted octanol–water partition coefficient (Wildman–Crippen LogP) is 0.957. The van der Waals surface area contributed by atoms with Crippen molar-refractivity contribution in [2.75, 3.05) is 13.7 Å². The number of nitrogens with two attached hydrogens (primary N) is 1. The van der Waals surface area contributed by atoms with Gasteiger partial charge in [-0.25, -0.2) is 13.1 Å². The Labute approximate surface area is 108 Å². The van der Waals surface area contributed by atoms with Crippen LogP contribution < -0.4 is 15.2 Å². The van der Waals surface area contributed by atoms with Gasteiger partial charge in [0.1, 0.15) is 5.75 Å². The van der Waals surface area contributed by atoms with Crippen molar-refractivity contribution in [2.45, 2.75) is 24.8 Å². The van der Waals surface area contributed by atoms with Crippen LogP contribution >= 0.6 is 0 Å². The molecule has 1 aromatic carbocycles. The topological polar surface area (TPSA) is 81.4 Å². The zero-order chi connectivity index (χ0) is 13.8. The Hall–Kier alpha value is -1.11. The number of benzene rings is 1. The summed E-state index contributed by atoms with van der Waals surface area (Å²) in [5, 5.41) is 0. The molecule has 0 amide bonds. The van der Waals surface area contributed by atoms with Crippen LogP contribution in [0.1, 0.15) is 13.8 Å². The number of sulfonamides is 1. The van der Waals surface area contributed by atoms with Crippen molar-refractivity contribution in [1.82, 2.24) is 4.72 Å². The molecule has 0 aromatic heterocycles. The number of methoxy groups -OCH3 is 1. The summed E-state index contributed by atoms with van der Waals surface area (Å²) in [6, 6.07) is 6.07. The SMILES string of the molecule is COc1cccc(S(=O)(=O)NC(CN)C(C)C)c1. The first kappa shape index (κ1) is 14.9. The standard InChI is InChI=1S/C12H20N2O3S/c1-9(2)12(8-13)14-18(15,16)11-6-4-5-10(7-11)17-3/h4-7,9,12,14H,8,13H2,1-3H3. The molecule has 0 radical (unpaired) electrons. The quantitative estimate of drug-likeness (QED) is 0.808. The van der Waals surface area contributed by atoms with Crippen molar-refractivity contribution in [1.29, 1.82) is 0 Å². The molecule has 1 unspecified atom stereocenters. The Bertz CT molecular complexity index is 486. The fourth-order valence-electron chi connectivity index (χ4n) is 1.49. The Morgan fingerprint density at radius 3 is 2.56 bits per heavy atom. The van der Waals surface area contributed by atoms with Gasteiger partial charge in [0.05, 0.1) is 12.0 Å². The minimum absolute atomic E-state index is 0.135. The van der Waals surface area contributed by atoms with E-state index in [2.05, 4.69) is 4.72 Å². The summed E-state index contributed by atoms with van der Waals surface area (Å²) >= 11 is 0. The number of ether oxygens (including phenoxy) is 1. The average Bonchev–Trinajstić information content (AvgIpc) is 2.35. The van der Waals surface area contributed by atoms with Gasteiger partial charge in [0.25, 0.3) is 0 Å². The summed E-state index contributed by atoms with van der Waals surface area (Å²) < 4.78 is 31.9. The first-order valence-electron chi connectivity index (χ1n) is 5.77. The molecule has 0 bridgehead atoms. The van der Waals surface area contributed by atoms with Crippen LogP contribution in [-0.2, 0) is 10.0 Å². The smallest absolute Gasteiger partial charge is 0.241 e. The third kappa shape index (κ3) is 3.69. The summed E-state index contributed by atoms with van der Waals surface area (Å²) in [5.41, 5.74) is 5.56. The number of rotatable bonds is 6. The fraction of sp³-hybridized carbons (Fsp3) is 0.500. The van der Waals surface area contributed by atoms with Crippen LogP contribution in [0.2, 0.25) is 0 Å². The molecule has 0 heterocycles. The van der Waals surface area contributed by atoms with Gasteiger partial charge >= 0.3 is 0 Å². The summed E-state index contributed by atoms with van der Waals surface area (Å²) in [6.45, 7) is 4.11. The fourth-order valence-corrected chi connectivity index (χ4v) is 2.92. The lowest BCUT2D eigenvalue weighted by Gasteiger charge is -2.20. The van der Waals surface area contributed by atoms with Gasteiger partial charge < -0.3 is 10.5 Å². The van der Waals surface area contributed by atoms with Gasteiger partial charge in [-0.05, 0) is 18.1 Å². The molecule has 0 aliphatic heterocycles. The molecule has 6 heteroatoms. The predicted molar refractivity (Wildman–Crippen MR) is 71.0 cm³/mol. The van der Waals surface area contributed by atoms with Crippen LogP contribution in [0.4, 0.5) is 0 Å². The van der Waals surface area contributed by atoms with Gasteiger partial charge in [-0.1, -0.05) is 19.9 Å². The van der Waals surface area contributed by atoms with Crippen molar-refractivity contribution >= 4 is 10.0 Å². The Morgan fingerprint density at radius 1 is 1.39 bits per heavy atom. The van der Waals surface area contributed by atoms with Gasteiger partial charge in [-0.2, -0.15) is 0 Å². The van der Waals surface area contributed by atoms with E-state index in [4.69, 9.17) is 10.5 Å². The first-order chi connectivity index (χ1) is 8.40. The van der Waals surface area contributed by atoms with E-state index in [0.717, 1.165) is 0 Å².